The number of piperidine rings is 1. The van der Waals surface area contributed by atoms with Gasteiger partial charge in [0.25, 0.3) is 0 Å². The van der Waals surface area contributed by atoms with Gasteiger partial charge < -0.3 is 9.84 Å². The van der Waals surface area contributed by atoms with Gasteiger partial charge in [-0.2, -0.15) is 0 Å². The van der Waals surface area contributed by atoms with Gasteiger partial charge in [0, 0.05) is 5.56 Å². The Morgan fingerprint density at radius 2 is 2.00 bits per heavy atom. The minimum atomic E-state index is -0.425. The lowest BCUT2D eigenvalue weighted by Crippen LogP contribution is -2.50. The van der Waals surface area contributed by atoms with Gasteiger partial charge >= 0.3 is 0 Å². The van der Waals surface area contributed by atoms with Crippen LogP contribution in [0, 0.1) is 5.41 Å². The van der Waals surface area contributed by atoms with Crippen molar-refractivity contribution < 1.29 is 9.84 Å². The van der Waals surface area contributed by atoms with E-state index in [4.69, 9.17) is 4.74 Å². The van der Waals surface area contributed by atoms with Crippen LogP contribution in [0.2, 0.25) is 0 Å². The summed E-state index contributed by atoms with van der Waals surface area (Å²) in [6, 6.07) is 7.95. The van der Waals surface area contributed by atoms with E-state index in [0.717, 1.165) is 24.4 Å². The van der Waals surface area contributed by atoms with Gasteiger partial charge in [-0.3, -0.25) is 4.90 Å². The minimum Gasteiger partial charge on any atom is -0.491 e. The molecule has 1 aromatic carbocycles. The SMILES string of the molecule is CCC1(C)CCN(C2COc3ccccc3C2O)CC1. The first-order valence-electron chi connectivity index (χ1n) is 7.77. The lowest BCUT2D eigenvalue weighted by Gasteiger charge is -2.45. The maximum Gasteiger partial charge on any atom is 0.125 e. The van der Waals surface area contributed by atoms with Crippen LogP contribution in [0.5, 0.6) is 5.75 Å². The molecular weight excluding hydrogens is 250 g/mol. The molecule has 0 radical (unpaired) electrons. The summed E-state index contributed by atoms with van der Waals surface area (Å²) in [5, 5.41) is 10.6. The van der Waals surface area contributed by atoms with Crippen LogP contribution in [0.1, 0.15) is 44.8 Å². The Labute approximate surface area is 121 Å². The molecule has 0 amide bonds. The highest BCUT2D eigenvalue weighted by Gasteiger charge is 2.37. The Hall–Kier alpha value is -1.06. The van der Waals surface area contributed by atoms with E-state index in [1.165, 1.54) is 19.3 Å². The fourth-order valence-corrected chi connectivity index (χ4v) is 3.38. The van der Waals surface area contributed by atoms with Crippen LogP contribution >= 0.6 is 0 Å². The molecule has 2 unspecified atom stereocenters. The molecule has 2 heterocycles. The van der Waals surface area contributed by atoms with E-state index in [0.29, 0.717) is 12.0 Å². The number of fused-ring (bicyclic) bond motifs is 1. The summed E-state index contributed by atoms with van der Waals surface area (Å²) in [5.41, 5.74) is 1.42. The van der Waals surface area contributed by atoms with Crippen molar-refractivity contribution in [3.8, 4) is 5.75 Å². The number of hydrogen-bond donors (Lipinski definition) is 1. The lowest BCUT2D eigenvalue weighted by molar-refractivity contribution is -0.0227. The first-order chi connectivity index (χ1) is 9.63. The summed E-state index contributed by atoms with van der Waals surface area (Å²) < 4.78 is 5.84. The summed E-state index contributed by atoms with van der Waals surface area (Å²) in [6.45, 7) is 7.40. The topological polar surface area (TPSA) is 32.7 Å². The summed E-state index contributed by atoms with van der Waals surface area (Å²) in [4.78, 5) is 2.41. The number of likely N-dealkylation sites (tertiary alicyclic amines) is 1. The highest BCUT2D eigenvalue weighted by molar-refractivity contribution is 5.37. The smallest absolute Gasteiger partial charge is 0.125 e. The van der Waals surface area contributed by atoms with Crippen molar-refractivity contribution in [2.45, 2.75) is 45.3 Å². The second kappa shape index (κ2) is 5.38. The van der Waals surface area contributed by atoms with Crippen molar-refractivity contribution in [2.75, 3.05) is 19.7 Å². The van der Waals surface area contributed by atoms with Crippen molar-refractivity contribution in [3.63, 3.8) is 0 Å². The first kappa shape index (κ1) is 13.9. The summed E-state index contributed by atoms with van der Waals surface area (Å²) >= 11 is 0. The number of benzene rings is 1. The third kappa shape index (κ3) is 2.45. The molecule has 2 atom stereocenters. The standard InChI is InChI=1S/C17H25NO2/c1-3-17(2)8-10-18(11-9-17)14-12-20-15-7-5-4-6-13(15)16(14)19/h4-7,14,16,19H,3,8-12H2,1-2H3. The van der Waals surface area contributed by atoms with Gasteiger partial charge in [0.05, 0.1) is 6.04 Å². The molecule has 110 valence electrons. The van der Waals surface area contributed by atoms with Crippen molar-refractivity contribution in [2.24, 2.45) is 5.41 Å². The first-order valence-corrected chi connectivity index (χ1v) is 7.77. The molecule has 0 spiro atoms. The molecule has 0 bridgehead atoms. The minimum absolute atomic E-state index is 0.103. The lowest BCUT2D eigenvalue weighted by atomic mass is 9.77. The zero-order valence-electron chi connectivity index (χ0n) is 12.5. The highest BCUT2D eigenvalue weighted by Crippen LogP contribution is 2.39. The third-order valence-electron chi connectivity index (χ3n) is 5.34. The molecule has 1 saturated heterocycles. The van der Waals surface area contributed by atoms with E-state index in [2.05, 4.69) is 18.7 Å². The van der Waals surface area contributed by atoms with Crippen LogP contribution < -0.4 is 4.74 Å². The predicted octanol–water partition coefficient (Wildman–Crippen LogP) is 2.99. The third-order valence-corrected chi connectivity index (χ3v) is 5.34. The number of aliphatic hydroxyl groups excluding tert-OH is 1. The van der Waals surface area contributed by atoms with Gasteiger partial charge in [-0.1, -0.05) is 38.5 Å². The van der Waals surface area contributed by atoms with Crippen LogP contribution in [-0.2, 0) is 0 Å². The monoisotopic (exact) mass is 275 g/mol. The Bertz CT molecular complexity index is 466. The number of hydrogen-bond acceptors (Lipinski definition) is 3. The van der Waals surface area contributed by atoms with Crippen molar-refractivity contribution in [1.82, 2.24) is 4.90 Å². The molecule has 2 aliphatic rings. The molecule has 0 aliphatic carbocycles. The molecule has 1 aromatic rings. The predicted molar refractivity (Wildman–Crippen MR) is 79.9 cm³/mol. The summed E-state index contributed by atoms with van der Waals surface area (Å²) in [5.74, 6) is 0.839. The molecule has 3 heteroatoms. The van der Waals surface area contributed by atoms with E-state index >= 15 is 0 Å². The Balaban J connectivity index is 1.71. The van der Waals surface area contributed by atoms with Gasteiger partial charge in [0.1, 0.15) is 18.5 Å². The van der Waals surface area contributed by atoms with Gasteiger partial charge in [0.2, 0.25) is 0 Å². The van der Waals surface area contributed by atoms with Gasteiger partial charge in [0.15, 0.2) is 0 Å². The fourth-order valence-electron chi connectivity index (χ4n) is 3.38. The number of rotatable bonds is 2. The molecular formula is C17H25NO2. The Morgan fingerprint density at radius 1 is 1.30 bits per heavy atom. The molecule has 0 aromatic heterocycles. The molecule has 3 rings (SSSR count). The molecule has 1 N–H and O–H groups in total. The van der Waals surface area contributed by atoms with E-state index in [1.807, 2.05) is 24.3 Å². The highest BCUT2D eigenvalue weighted by atomic mass is 16.5. The van der Waals surface area contributed by atoms with Crippen LogP contribution in [0.3, 0.4) is 0 Å². The van der Waals surface area contributed by atoms with Gasteiger partial charge in [-0.05, 0) is 37.4 Å². The maximum atomic E-state index is 10.6. The largest absolute Gasteiger partial charge is 0.491 e. The van der Waals surface area contributed by atoms with Crippen molar-refractivity contribution >= 4 is 0 Å². The van der Waals surface area contributed by atoms with E-state index in [1.54, 1.807) is 0 Å². The average Bonchev–Trinajstić information content (AvgIpc) is 2.49. The van der Waals surface area contributed by atoms with Crippen LogP contribution in [-0.4, -0.2) is 35.7 Å². The number of nitrogens with zero attached hydrogens (tertiary/aromatic N) is 1. The second-order valence-electron chi connectivity index (χ2n) is 6.56. The number of para-hydroxylation sites is 1. The maximum absolute atomic E-state index is 10.6. The van der Waals surface area contributed by atoms with Crippen LogP contribution in [0.4, 0.5) is 0 Å². The normalized spacial score (nSPS) is 29.6. The molecule has 2 aliphatic heterocycles. The average molecular weight is 275 g/mol. The Kier molecular flexibility index (Phi) is 3.74. The van der Waals surface area contributed by atoms with E-state index in [-0.39, 0.29) is 6.04 Å². The zero-order valence-corrected chi connectivity index (χ0v) is 12.5. The second-order valence-corrected chi connectivity index (χ2v) is 6.56. The summed E-state index contributed by atoms with van der Waals surface area (Å²) in [7, 11) is 0. The number of ether oxygens (including phenoxy) is 1. The zero-order chi connectivity index (χ0) is 14.2. The fraction of sp³-hybridized carbons (Fsp3) is 0.647. The van der Waals surface area contributed by atoms with Gasteiger partial charge in [-0.15, -0.1) is 0 Å². The number of aliphatic hydroxyl groups is 1. The quantitative estimate of drug-likeness (QED) is 0.900. The van der Waals surface area contributed by atoms with Gasteiger partial charge in [-0.25, -0.2) is 0 Å². The van der Waals surface area contributed by atoms with Crippen LogP contribution in [0.15, 0.2) is 24.3 Å². The Morgan fingerprint density at radius 3 is 2.70 bits per heavy atom. The van der Waals surface area contributed by atoms with Crippen LogP contribution in [0.25, 0.3) is 0 Å². The summed E-state index contributed by atoms with van der Waals surface area (Å²) in [6.07, 6.45) is 3.25. The molecule has 1 fully saturated rings. The molecule has 0 saturated carbocycles. The van der Waals surface area contributed by atoms with E-state index < -0.39 is 6.10 Å². The van der Waals surface area contributed by atoms with Crippen molar-refractivity contribution in [3.05, 3.63) is 29.8 Å². The molecule has 20 heavy (non-hydrogen) atoms. The van der Waals surface area contributed by atoms with E-state index in [9.17, 15) is 5.11 Å². The molecule has 3 nitrogen and oxygen atoms in total. The van der Waals surface area contributed by atoms with Crippen molar-refractivity contribution in [1.29, 1.82) is 0 Å².